The molecule has 2 amide bonds. The minimum absolute atomic E-state index is 0.0271. The molecule has 2 heterocycles. The molecule has 0 N–H and O–H groups in total. The van der Waals surface area contributed by atoms with Crippen molar-refractivity contribution in [1.29, 1.82) is 0 Å². The first-order chi connectivity index (χ1) is 14.6. The highest BCUT2D eigenvalue weighted by Crippen LogP contribution is 2.29. The summed E-state index contributed by atoms with van der Waals surface area (Å²) in [4.78, 5) is 28.7. The second-order valence-electron chi connectivity index (χ2n) is 8.44. The van der Waals surface area contributed by atoms with Gasteiger partial charge in [0.2, 0.25) is 15.9 Å². The average molecular weight is 452 g/mol. The Morgan fingerprint density at radius 3 is 2.16 bits per heavy atom. The number of piperidine rings is 1. The molecule has 0 saturated carbocycles. The van der Waals surface area contributed by atoms with Crippen molar-refractivity contribution in [1.82, 2.24) is 14.1 Å². The van der Waals surface area contributed by atoms with Gasteiger partial charge in [-0.15, -0.1) is 0 Å². The van der Waals surface area contributed by atoms with Gasteiger partial charge in [-0.25, -0.2) is 13.2 Å². The van der Waals surface area contributed by atoms with Gasteiger partial charge < -0.3 is 14.5 Å². The summed E-state index contributed by atoms with van der Waals surface area (Å²) in [6, 6.07) is 3.77. The molecule has 1 aromatic carbocycles. The molecule has 0 aromatic heterocycles. The van der Waals surface area contributed by atoms with Crippen LogP contribution in [0.3, 0.4) is 0 Å². The Hall–Kier alpha value is -2.13. The zero-order valence-corrected chi connectivity index (χ0v) is 19.7. The van der Waals surface area contributed by atoms with Crippen LogP contribution in [0.1, 0.15) is 36.5 Å². The van der Waals surface area contributed by atoms with Crippen LogP contribution in [0.25, 0.3) is 0 Å². The van der Waals surface area contributed by atoms with E-state index in [1.54, 1.807) is 16.7 Å². The van der Waals surface area contributed by atoms with Gasteiger partial charge in [0, 0.05) is 39.3 Å². The van der Waals surface area contributed by atoms with Crippen molar-refractivity contribution < 1.29 is 22.7 Å². The van der Waals surface area contributed by atoms with Crippen LogP contribution in [-0.4, -0.2) is 80.4 Å². The molecule has 0 bridgehead atoms. The molecule has 2 aliphatic heterocycles. The summed E-state index contributed by atoms with van der Waals surface area (Å²) in [6.45, 7) is 10.1. The molecule has 31 heavy (non-hydrogen) atoms. The number of sulfonamides is 1. The number of amides is 2. The largest absolute Gasteiger partial charge is 0.450 e. The number of carbonyl (C=O) groups excluding carboxylic acids is 2. The fourth-order valence-corrected chi connectivity index (χ4v) is 6.58. The Morgan fingerprint density at radius 2 is 1.58 bits per heavy atom. The van der Waals surface area contributed by atoms with Crippen molar-refractivity contribution in [2.75, 3.05) is 45.9 Å². The van der Waals surface area contributed by atoms with Crippen LogP contribution < -0.4 is 0 Å². The Morgan fingerprint density at radius 1 is 1.00 bits per heavy atom. The fraction of sp³-hybridized carbons (Fsp3) is 0.636. The molecule has 172 valence electrons. The molecular formula is C22H33N3O5S. The van der Waals surface area contributed by atoms with E-state index in [0.29, 0.717) is 57.1 Å². The van der Waals surface area contributed by atoms with E-state index >= 15 is 0 Å². The summed E-state index contributed by atoms with van der Waals surface area (Å²) >= 11 is 0. The topological polar surface area (TPSA) is 87.2 Å². The van der Waals surface area contributed by atoms with Crippen LogP contribution in [0.4, 0.5) is 4.79 Å². The number of rotatable bonds is 4. The Bertz CT molecular complexity index is 915. The Labute approximate surface area is 185 Å². The lowest BCUT2D eigenvalue weighted by Gasteiger charge is -2.38. The summed E-state index contributed by atoms with van der Waals surface area (Å²) in [5.74, 6) is -0.385. The van der Waals surface area contributed by atoms with Crippen molar-refractivity contribution in [3.05, 3.63) is 28.8 Å². The zero-order valence-electron chi connectivity index (χ0n) is 18.9. The normalized spacial score (nSPS) is 20.6. The second-order valence-corrected chi connectivity index (χ2v) is 10.3. The third-order valence-electron chi connectivity index (χ3n) is 6.05. The summed E-state index contributed by atoms with van der Waals surface area (Å²) in [7, 11) is -3.67. The summed E-state index contributed by atoms with van der Waals surface area (Å²) in [6.07, 6.45) is 0.977. The van der Waals surface area contributed by atoms with E-state index in [0.717, 1.165) is 16.7 Å². The number of benzene rings is 1. The first-order valence-electron chi connectivity index (χ1n) is 10.9. The molecule has 2 saturated heterocycles. The number of ether oxygens (including phenoxy) is 1. The lowest BCUT2D eigenvalue weighted by atomic mass is 9.98. The predicted molar refractivity (Wildman–Crippen MR) is 117 cm³/mol. The Balaban J connectivity index is 1.68. The van der Waals surface area contributed by atoms with Crippen LogP contribution in [0.15, 0.2) is 17.0 Å². The quantitative estimate of drug-likeness (QED) is 0.701. The maximum atomic E-state index is 13.4. The second kappa shape index (κ2) is 9.56. The van der Waals surface area contributed by atoms with Crippen LogP contribution >= 0.6 is 0 Å². The van der Waals surface area contributed by atoms with Gasteiger partial charge in [0.25, 0.3) is 0 Å². The van der Waals surface area contributed by atoms with Crippen molar-refractivity contribution in [2.45, 2.75) is 45.4 Å². The van der Waals surface area contributed by atoms with Crippen molar-refractivity contribution >= 4 is 22.0 Å². The third kappa shape index (κ3) is 5.03. The molecule has 1 atom stereocenters. The van der Waals surface area contributed by atoms with E-state index in [-0.39, 0.29) is 24.5 Å². The van der Waals surface area contributed by atoms with Crippen molar-refractivity contribution in [3.63, 3.8) is 0 Å². The molecular weight excluding hydrogens is 418 g/mol. The first-order valence-corrected chi connectivity index (χ1v) is 12.4. The summed E-state index contributed by atoms with van der Waals surface area (Å²) in [5, 5.41) is 0. The summed E-state index contributed by atoms with van der Waals surface area (Å²) < 4.78 is 33.3. The predicted octanol–water partition coefficient (Wildman–Crippen LogP) is 2.31. The number of nitrogens with zero attached hydrogens (tertiary/aromatic N) is 3. The molecule has 3 rings (SSSR count). The highest BCUT2D eigenvalue weighted by molar-refractivity contribution is 7.89. The van der Waals surface area contributed by atoms with E-state index in [1.807, 2.05) is 32.9 Å². The van der Waals surface area contributed by atoms with E-state index < -0.39 is 10.0 Å². The van der Waals surface area contributed by atoms with Gasteiger partial charge in [0.15, 0.2) is 0 Å². The lowest BCUT2D eigenvalue weighted by Crippen LogP contribution is -2.54. The van der Waals surface area contributed by atoms with Gasteiger partial charge in [0.05, 0.1) is 17.4 Å². The molecule has 0 radical (unpaired) electrons. The number of hydrogen-bond acceptors (Lipinski definition) is 5. The average Bonchev–Trinajstić information content (AvgIpc) is 2.72. The minimum Gasteiger partial charge on any atom is -0.450 e. The van der Waals surface area contributed by atoms with Crippen molar-refractivity contribution in [3.8, 4) is 0 Å². The highest BCUT2D eigenvalue weighted by Gasteiger charge is 2.37. The van der Waals surface area contributed by atoms with E-state index in [9.17, 15) is 18.0 Å². The van der Waals surface area contributed by atoms with Gasteiger partial charge in [-0.2, -0.15) is 4.31 Å². The minimum atomic E-state index is -3.67. The number of hydrogen-bond donors (Lipinski definition) is 0. The molecule has 8 nitrogen and oxygen atoms in total. The lowest BCUT2D eigenvalue weighted by molar-refractivity contribution is -0.138. The van der Waals surface area contributed by atoms with Gasteiger partial charge in [-0.3, -0.25) is 4.79 Å². The Kier molecular flexibility index (Phi) is 7.26. The van der Waals surface area contributed by atoms with E-state index in [1.165, 1.54) is 4.31 Å². The van der Waals surface area contributed by atoms with Crippen LogP contribution in [0.5, 0.6) is 0 Å². The molecule has 0 unspecified atom stereocenters. The maximum Gasteiger partial charge on any atom is 0.409 e. The van der Waals surface area contributed by atoms with E-state index in [2.05, 4.69) is 0 Å². The molecule has 0 spiro atoms. The third-order valence-corrected chi connectivity index (χ3v) is 8.22. The molecule has 1 aromatic rings. The van der Waals surface area contributed by atoms with Gasteiger partial charge in [-0.05, 0) is 51.7 Å². The van der Waals surface area contributed by atoms with Gasteiger partial charge in [-0.1, -0.05) is 17.7 Å². The van der Waals surface area contributed by atoms with Crippen LogP contribution in [-0.2, 0) is 19.6 Å². The number of carbonyl (C=O) groups is 2. The first kappa shape index (κ1) is 23.5. The molecule has 2 fully saturated rings. The molecule has 2 aliphatic rings. The number of aryl methyl sites for hydroxylation is 3. The fourth-order valence-electron chi connectivity index (χ4n) is 4.65. The van der Waals surface area contributed by atoms with Crippen molar-refractivity contribution in [2.24, 2.45) is 5.92 Å². The van der Waals surface area contributed by atoms with E-state index in [4.69, 9.17) is 4.74 Å². The SMILES string of the molecule is CCOC(=O)N1CCN(C(=O)[C@H]2CCCN(S(=O)(=O)c3c(C)cc(C)cc3C)C2)CC1. The zero-order chi connectivity index (χ0) is 22.8. The maximum absolute atomic E-state index is 13.4. The highest BCUT2D eigenvalue weighted by atomic mass is 32.2. The monoisotopic (exact) mass is 451 g/mol. The van der Waals surface area contributed by atoms with Gasteiger partial charge >= 0.3 is 6.09 Å². The summed E-state index contributed by atoms with van der Waals surface area (Å²) in [5.41, 5.74) is 2.50. The van der Waals surface area contributed by atoms with Crippen LogP contribution in [0, 0.1) is 26.7 Å². The van der Waals surface area contributed by atoms with Crippen LogP contribution in [0.2, 0.25) is 0 Å². The standard InChI is InChI=1S/C22H33N3O5S/c1-5-30-22(27)24-11-9-23(10-12-24)21(26)19-7-6-8-25(15-19)31(28,29)20-17(3)13-16(2)14-18(20)4/h13-14,19H,5-12,15H2,1-4H3/t19-/m0/s1. The van der Waals surface area contributed by atoms with Gasteiger partial charge in [0.1, 0.15) is 0 Å². The number of piperazine rings is 1. The molecule has 9 heteroatoms. The molecule has 0 aliphatic carbocycles. The smallest absolute Gasteiger partial charge is 0.409 e.